The fraction of sp³-hybridized carbons (Fsp3) is 0.643. The Hall–Kier alpha value is -1.09. The van der Waals surface area contributed by atoms with Crippen LogP contribution >= 0.6 is 0 Å². The molecule has 1 rings (SSSR count). The van der Waals surface area contributed by atoms with E-state index < -0.39 is 0 Å². The molecule has 0 amide bonds. The van der Waals surface area contributed by atoms with Gasteiger partial charge in [0.05, 0.1) is 12.2 Å². The van der Waals surface area contributed by atoms with Crippen molar-refractivity contribution < 1.29 is 9.53 Å². The maximum absolute atomic E-state index is 11.6. The Kier molecular flexibility index (Phi) is 4.94. The molecule has 3 nitrogen and oxygen atoms in total. The van der Waals surface area contributed by atoms with Crippen LogP contribution in [-0.4, -0.2) is 22.6 Å². The second-order valence-corrected chi connectivity index (χ2v) is 5.27. The molecular weight excluding hydrogens is 214 g/mol. The molecule has 0 bridgehead atoms. The Morgan fingerprint density at radius 1 is 1.41 bits per heavy atom. The van der Waals surface area contributed by atoms with Crippen LogP contribution in [0.4, 0.5) is 0 Å². The van der Waals surface area contributed by atoms with Crippen molar-refractivity contribution in [3.05, 3.63) is 24.0 Å². The van der Waals surface area contributed by atoms with E-state index >= 15 is 0 Å². The molecule has 0 unspecified atom stereocenters. The van der Waals surface area contributed by atoms with Crippen LogP contribution in [0, 0.1) is 0 Å². The fourth-order valence-electron chi connectivity index (χ4n) is 1.57. The molecule has 0 fully saturated rings. The van der Waals surface area contributed by atoms with Gasteiger partial charge >= 0.3 is 0 Å². The number of carbonyl (C=O) groups is 1. The highest BCUT2D eigenvalue weighted by molar-refractivity contribution is 5.95. The number of carbonyl (C=O) groups excluding carboxylic acids is 1. The second kappa shape index (κ2) is 6.01. The van der Waals surface area contributed by atoms with E-state index in [-0.39, 0.29) is 11.4 Å². The molecule has 0 aromatic carbocycles. The van der Waals surface area contributed by atoms with Crippen molar-refractivity contribution in [1.29, 1.82) is 0 Å². The number of ether oxygens (including phenoxy) is 1. The van der Waals surface area contributed by atoms with Crippen molar-refractivity contribution in [2.75, 3.05) is 6.61 Å². The van der Waals surface area contributed by atoms with Gasteiger partial charge in [0, 0.05) is 30.9 Å². The monoisotopic (exact) mass is 237 g/mol. The minimum Gasteiger partial charge on any atom is -0.374 e. The number of hydrogen-bond acceptors (Lipinski definition) is 2. The maximum Gasteiger partial charge on any atom is 0.164 e. The lowest BCUT2D eigenvalue weighted by atomic mass is 10.1. The van der Waals surface area contributed by atoms with Gasteiger partial charge in [0.2, 0.25) is 0 Å². The van der Waals surface area contributed by atoms with E-state index in [1.165, 1.54) is 0 Å². The lowest BCUT2D eigenvalue weighted by Gasteiger charge is -2.19. The Balaban J connectivity index is 2.43. The Labute approximate surface area is 104 Å². The molecule has 1 aromatic rings. The maximum atomic E-state index is 11.6. The zero-order valence-electron chi connectivity index (χ0n) is 11.3. The van der Waals surface area contributed by atoms with Crippen molar-refractivity contribution in [3.8, 4) is 0 Å². The molecule has 0 aliphatic heterocycles. The van der Waals surface area contributed by atoms with Crippen LogP contribution in [0.1, 0.15) is 50.9 Å². The molecule has 0 atom stereocenters. The smallest absolute Gasteiger partial charge is 0.164 e. The van der Waals surface area contributed by atoms with Gasteiger partial charge < -0.3 is 9.30 Å². The summed E-state index contributed by atoms with van der Waals surface area (Å²) in [6.07, 6.45) is 5.37. The van der Waals surface area contributed by atoms with E-state index in [1.807, 2.05) is 50.7 Å². The summed E-state index contributed by atoms with van der Waals surface area (Å²) >= 11 is 0. The largest absolute Gasteiger partial charge is 0.374 e. The quantitative estimate of drug-likeness (QED) is 0.711. The summed E-state index contributed by atoms with van der Waals surface area (Å²) in [6, 6.07) is 1.88. The Morgan fingerprint density at radius 3 is 2.71 bits per heavy atom. The van der Waals surface area contributed by atoms with Crippen LogP contribution < -0.4 is 0 Å². The average molecular weight is 237 g/mol. The van der Waals surface area contributed by atoms with Crippen LogP contribution in [-0.2, 0) is 11.3 Å². The minimum atomic E-state index is -0.103. The zero-order chi connectivity index (χ0) is 12.9. The van der Waals surface area contributed by atoms with Gasteiger partial charge in [-0.25, -0.2) is 0 Å². The third-order valence-corrected chi connectivity index (χ3v) is 2.43. The minimum absolute atomic E-state index is 0.103. The molecule has 96 valence electrons. The Bertz CT molecular complexity index is 361. The molecule has 17 heavy (non-hydrogen) atoms. The first-order valence-corrected chi connectivity index (χ1v) is 6.25. The summed E-state index contributed by atoms with van der Waals surface area (Å²) in [5, 5.41) is 0. The summed E-state index contributed by atoms with van der Waals surface area (Å²) < 4.78 is 7.65. The summed E-state index contributed by atoms with van der Waals surface area (Å²) in [7, 11) is 0. The van der Waals surface area contributed by atoms with Crippen molar-refractivity contribution in [2.45, 2.75) is 52.7 Å². The van der Waals surface area contributed by atoms with Gasteiger partial charge in [-0.3, -0.25) is 4.79 Å². The van der Waals surface area contributed by atoms with Crippen molar-refractivity contribution >= 4 is 5.78 Å². The molecule has 0 N–H and O–H groups in total. The molecule has 0 saturated carbocycles. The van der Waals surface area contributed by atoms with E-state index in [9.17, 15) is 4.79 Å². The number of Topliss-reactive ketones (excluding diaryl/α,β-unsaturated/α-hetero) is 1. The lowest BCUT2D eigenvalue weighted by Crippen LogP contribution is -2.21. The molecular formula is C14H23NO2. The van der Waals surface area contributed by atoms with Gasteiger partial charge in [0.1, 0.15) is 0 Å². The van der Waals surface area contributed by atoms with Gasteiger partial charge in [-0.15, -0.1) is 0 Å². The second-order valence-electron chi connectivity index (χ2n) is 5.27. The molecule has 1 heterocycles. The first kappa shape index (κ1) is 14.0. The number of nitrogens with zero attached hydrogens (tertiary/aromatic N) is 1. The highest BCUT2D eigenvalue weighted by atomic mass is 16.5. The molecule has 0 aliphatic rings. The van der Waals surface area contributed by atoms with Crippen LogP contribution in [0.15, 0.2) is 18.5 Å². The molecule has 0 radical (unpaired) electrons. The first-order chi connectivity index (χ1) is 7.92. The van der Waals surface area contributed by atoms with Gasteiger partial charge in [0.25, 0.3) is 0 Å². The topological polar surface area (TPSA) is 31.2 Å². The summed E-state index contributed by atoms with van der Waals surface area (Å²) in [5.74, 6) is 0.225. The number of hydrogen-bond donors (Lipinski definition) is 0. The van der Waals surface area contributed by atoms with E-state index in [0.717, 1.165) is 18.5 Å². The van der Waals surface area contributed by atoms with E-state index in [1.54, 1.807) is 0 Å². The lowest BCUT2D eigenvalue weighted by molar-refractivity contribution is -0.00680. The summed E-state index contributed by atoms with van der Waals surface area (Å²) in [6.45, 7) is 9.60. The van der Waals surface area contributed by atoms with Crippen molar-refractivity contribution in [2.24, 2.45) is 0 Å². The zero-order valence-corrected chi connectivity index (χ0v) is 11.3. The normalized spacial score (nSPS) is 11.8. The van der Waals surface area contributed by atoms with Crippen molar-refractivity contribution in [1.82, 2.24) is 4.57 Å². The number of rotatable bonds is 6. The van der Waals surface area contributed by atoms with Crippen molar-refractivity contribution in [3.63, 3.8) is 0 Å². The molecule has 0 aliphatic carbocycles. The third-order valence-electron chi connectivity index (χ3n) is 2.43. The van der Waals surface area contributed by atoms with Gasteiger partial charge in [-0.2, -0.15) is 0 Å². The number of ketones is 1. The third kappa shape index (κ3) is 5.18. The van der Waals surface area contributed by atoms with Gasteiger partial charge in [0.15, 0.2) is 5.78 Å². The number of aromatic nitrogens is 1. The van der Waals surface area contributed by atoms with Crippen LogP contribution in [0.5, 0.6) is 0 Å². The summed E-state index contributed by atoms with van der Waals surface area (Å²) in [4.78, 5) is 11.6. The fourth-order valence-corrected chi connectivity index (χ4v) is 1.57. The summed E-state index contributed by atoms with van der Waals surface area (Å²) in [5.41, 5.74) is 0.705. The average Bonchev–Trinajstić information content (AvgIpc) is 2.65. The van der Waals surface area contributed by atoms with Gasteiger partial charge in [-0.05, 0) is 33.3 Å². The van der Waals surface area contributed by atoms with Crippen LogP contribution in [0.25, 0.3) is 0 Å². The molecule has 1 aromatic heterocycles. The van der Waals surface area contributed by atoms with Gasteiger partial charge in [-0.1, -0.05) is 6.92 Å². The standard InChI is InChI=1S/C14H23NO2/c1-5-6-13(16)12-7-8-15(11-12)9-10-17-14(2,3)4/h7-8,11H,5-6,9-10H2,1-4H3. The Morgan fingerprint density at radius 2 is 2.12 bits per heavy atom. The van der Waals surface area contributed by atoms with E-state index in [2.05, 4.69) is 0 Å². The predicted octanol–water partition coefficient (Wildman–Crippen LogP) is 3.29. The SMILES string of the molecule is CCCC(=O)c1ccn(CCOC(C)(C)C)c1. The molecule has 0 spiro atoms. The molecule has 0 saturated heterocycles. The highest BCUT2D eigenvalue weighted by Gasteiger charge is 2.10. The predicted molar refractivity (Wildman–Crippen MR) is 69.4 cm³/mol. The van der Waals surface area contributed by atoms with Crippen LogP contribution in [0.2, 0.25) is 0 Å². The highest BCUT2D eigenvalue weighted by Crippen LogP contribution is 2.09. The first-order valence-electron chi connectivity index (χ1n) is 6.25. The van der Waals surface area contributed by atoms with Crippen LogP contribution in [0.3, 0.4) is 0 Å². The molecule has 3 heteroatoms. The van der Waals surface area contributed by atoms with E-state index in [0.29, 0.717) is 13.0 Å². The van der Waals surface area contributed by atoms with E-state index in [4.69, 9.17) is 4.74 Å².